The van der Waals surface area contributed by atoms with Crippen LogP contribution < -0.4 is 0 Å². The molecule has 0 N–H and O–H groups in total. The Balaban J connectivity index is 1.68. The third-order valence-corrected chi connectivity index (χ3v) is 3.23. The summed E-state index contributed by atoms with van der Waals surface area (Å²) in [5.74, 6) is -0.159. The molecule has 0 amide bonds. The van der Waals surface area contributed by atoms with Crippen molar-refractivity contribution in [3.8, 4) is 0 Å². The SMILES string of the molecule is O=C(Cc1cccs1)OCC1CCCO1. The zero-order valence-electron chi connectivity index (χ0n) is 8.48. The maximum Gasteiger partial charge on any atom is 0.311 e. The molecule has 1 saturated heterocycles. The van der Waals surface area contributed by atoms with Gasteiger partial charge in [0.15, 0.2) is 0 Å². The van der Waals surface area contributed by atoms with Crippen LogP contribution in [-0.4, -0.2) is 25.3 Å². The summed E-state index contributed by atoms with van der Waals surface area (Å²) in [4.78, 5) is 12.4. The quantitative estimate of drug-likeness (QED) is 0.737. The van der Waals surface area contributed by atoms with Gasteiger partial charge in [-0.15, -0.1) is 11.3 Å². The van der Waals surface area contributed by atoms with Crippen molar-refractivity contribution in [1.82, 2.24) is 0 Å². The summed E-state index contributed by atoms with van der Waals surface area (Å²) in [6, 6.07) is 3.88. The molecule has 1 aliphatic rings. The van der Waals surface area contributed by atoms with Crippen molar-refractivity contribution in [2.24, 2.45) is 0 Å². The van der Waals surface area contributed by atoms with Gasteiger partial charge in [-0.25, -0.2) is 0 Å². The molecular formula is C11H14O3S. The van der Waals surface area contributed by atoms with Crippen molar-refractivity contribution in [2.45, 2.75) is 25.4 Å². The zero-order valence-corrected chi connectivity index (χ0v) is 9.29. The maximum absolute atomic E-state index is 11.4. The Morgan fingerprint density at radius 1 is 1.67 bits per heavy atom. The first-order valence-electron chi connectivity index (χ1n) is 5.14. The van der Waals surface area contributed by atoms with E-state index in [1.54, 1.807) is 11.3 Å². The van der Waals surface area contributed by atoms with Crippen LogP contribution in [0.15, 0.2) is 17.5 Å². The molecule has 0 aliphatic carbocycles. The molecule has 1 aliphatic heterocycles. The van der Waals surface area contributed by atoms with Crippen LogP contribution in [0.2, 0.25) is 0 Å². The van der Waals surface area contributed by atoms with Crippen LogP contribution in [0, 0.1) is 0 Å². The number of hydrogen-bond acceptors (Lipinski definition) is 4. The Morgan fingerprint density at radius 2 is 2.60 bits per heavy atom. The van der Waals surface area contributed by atoms with Gasteiger partial charge >= 0.3 is 5.97 Å². The molecule has 1 aromatic rings. The van der Waals surface area contributed by atoms with Crippen molar-refractivity contribution < 1.29 is 14.3 Å². The molecule has 82 valence electrons. The fourth-order valence-corrected chi connectivity index (χ4v) is 2.26. The van der Waals surface area contributed by atoms with Gasteiger partial charge in [-0.2, -0.15) is 0 Å². The number of ether oxygens (including phenoxy) is 2. The zero-order chi connectivity index (χ0) is 10.5. The van der Waals surface area contributed by atoms with Crippen LogP contribution in [-0.2, 0) is 20.7 Å². The van der Waals surface area contributed by atoms with E-state index in [0.717, 1.165) is 24.3 Å². The van der Waals surface area contributed by atoms with Gasteiger partial charge in [-0.1, -0.05) is 6.07 Å². The van der Waals surface area contributed by atoms with Gasteiger partial charge in [0.05, 0.1) is 12.5 Å². The van der Waals surface area contributed by atoms with Crippen molar-refractivity contribution in [3.05, 3.63) is 22.4 Å². The molecule has 0 spiro atoms. The maximum atomic E-state index is 11.4. The minimum absolute atomic E-state index is 0.122. The van der Waals surface area contributed by atoms with Gasteiger partial charge in [-0.3, -0.25) is 4.79 Å². The van der Waals surface area contributed by atoms with Gasteiger partial charge in [0.1, 0.15) is 6.61 Å². The van der Waals surface area contributed by atoms with Gasteiger partial charge in [-0.05, 0) is 24.3 Å². The van der Waals surface area contributed by atoms with Gasteiger partial charge in [0, 0.05) is 11.5 Å². The van der Waals surface area contributed by atoms with Crippen molar-refractivity contribution in [1.29, 1.82) is 0 Å². The lowest BCUT2D eigenvalue weighted by Crippen LogP contribution is -2.18. The minimum Gasteiger partial charge on any atom is -0.463 e. The van der Waals surface area contributed by atoms with Crippen LogP contribution in [0.1, 0.15) is 17.7 Å². The highest BCUT2D eigenvalue weighted by atomic mass is 32.1. The second-order valence-electron chi connectivity index (χ2n) is 3.57. The standard InChI is InChI=1S/C11H14O3S/c12-11(7-10-4-2-6-15-10)14-8-9-3-1-5-13-9/h2,4,6,9H,1,3,5,7-8H2. The number of carbonyl (C=O) groups excluding carboxylic acids is 1. The summed E-state index contributed by atoms with van der Waals surface area (Å²) >= 11 is 1.58. The van der Waals surface area contributed by atoms with E-state index in [2.05, 4.69) is 0 Å². The summed E-state index contributed by atoms with van der Waals surface area (Å²) in [5, 5.41) is 1.96. The molecule has 0 saturated carbocycles. The number of hydrogen-bond donors (Lipinski definition) is 0. The van der Waals surface area contributed by atoms with E-state index >= 15 is 0 Å². The van der Waals surface area contributed by atoms with E-state index in [1.807, 2.05) is 17.5 Å². The smallest absolute Gasteiger partial charge is 0.311 e. The highest BCUT2D eigenvalue weighted by molar-refractivity contribution is 7.10. The normalized spacial score (nSPS) is 20.4. The monoisotopic (exact) mass is 226 g/mol. The third kappa shape index (κ3) is 3.32. The van der Waals surface area contributed by atoms with Gasteiger partial charge in [0.25, 0.3) is 0 Å². The molecule has 3 nitrogen and oxygen atoms in total. The lowest BCUT2D eigenvalue weighted by atomic mass is 10.2. The topological polar surface area (TPSA) is 35.5 Å². The van der Waals surface area contributed by atoms with Crippen LogP contribution >= 0.6 is 11.3 Å². The molecule has 0 bridgehead atoms. The fourth-order valence-electron chi connectivity index (χ4n) is 1.57. The first-order chi connectivity index (χ1) is 7.34. The molecule has 4 heteroatoms. The van der Waals surface area contributed by atoms with Gasteiger partial charge < -0.3 is 9.47 Å². The molecule has 2 rings (SSSR count). The van der Waals surface area contributed by atoms with Crippen LogP contribution in [0.5, 0.6) is 0 Å². The average molecular weight is 226 g/mol. The predicted octanol–water partition coefficient (Wildman–Crippen LogP) is 2.01. The van der Waals surface area contributed by atoms with Crippen molar-refractivity contribution >= 4 is 17.3 Å². The summed E-state index contributed by atoms with van der Waals surface area (Å²) in [7, 11) is 0. The summed E-state index contributed by atoms with van der Waals surface area (Å²) in [5.41, 5.74) is 0. The summed E-state index contributed by atoms with van der Waals surface area (Å²) in [6.07, 6.45) is 2.58. The largest absolute Gasteiger partial charge is 0.463 e. The van der Waals surface area contributed by atoms with Crippen LogP contribution in [0.4, 0.5) is 0 Å². The Morgan fingerprint density at radius 3 is 3.27 bits per heavy atom. The van der Waals surface area contributed by atoms with E-state index in [9.17, 15) is 4.79 Å². The van der Waals surface area contributed by atoms with Gasteiger partial charge in [0.2, 0.25) is 0 Å². The van der Waals surface area contributed by atoms with Crippen molar-refractivity contribution in [2.75, 3.05) is 13.2 Å². The second-order valence-corrected chi connectivity index (χ2v) is 4.61. The number of carbonyl (C=O) groups is 1. The Bertz CT molecular complexity index is 302. The van der Waals surface area contributed by atoms with Crippen LogP contribution in [0.3, 0.4) is 0 Å². The van der Waals surface area contributed by atoms with Crippen molar-refractivity contribution in [3.63, 3.8) is 0 Å². The van der Waals surface area contributed by atoms with E-state index in [4.69, 9.17) is 9.47 Å². The molecule has 0 aromatic carbocycles. The Kier molecular flexibility index (Phi) is 3.75. The summed E-state index contributed by atoms with van der Waals surface area (Å²) < 4.78 is 10.5. The fraction of sp³-hybridized carbons (Fsp3) is 0.545. The van der Waals surface area contributed by atoms with E-state index in [1.165, 1.54) is 0 Å². The number of esters is 1. The first kappa shape index (κ1) is 10.6. The average Bonchev–Trinajstić information content (AvgIpc) is 2.86. The van der Waals surface area contributed by atoms with Crippen LogP contribution in [0.25, 0.3) is 0 Å². The molecule has 15 heavy (non-hydrogen) atoms. The lowest BCUT2D eigenvalue weighted by molar-refractivity contribution is -0.145. The van der Waals surface area contributed by atoms with E-state index in [0.29, 0.717) is 13.0 Å². The predicted molar refractivity (Wildman–Crippen MR) is 58.0 cm³/mol. The lowest BCUT2D eigenvalue weighted by Gasteiger charge is -2.09. The third-order valence-electron chi connectivity index (χ3n) is 2.35. The molecule has 1 fully saturated rings. The molecule has 0 radical (unpaired) electrons. The molecule has 1 aromatic heterocycles. The molecule has 1 atom stereocenters. The highest BCUT2D eigenvalue weighted by Crippen LogP contribution is 2.13. The summed E-state index contributed by atoms with van der Waals surface area (Å²) in [6.45, 7) is 1.21. The second kappa shape index (κ2) is 5.28. The Labute approximate surface area is 93.0 Å². The molecule has 1 unspecified atom stereocenters. The minimum atomic E-state index is -0.159. The number of thiophene rings is 1. The first-order valence-corrected chi connectivity index (χ1v) is 6.02. The molecular weight excluding hydrogens is 212 g/mol. The highest BCUT2D eigenvalue weighted by Gasteiger charge is 2.17. The number of rotatable bonds is 4. The molecule has 2 heterocycles. The van der Waals surface area contributed by atoms with E-state index in [-0.39, 0.29) is 12.1 Å². The van der Waals surface area contributed by atoms with E-state index < -0.39 is 0 Å². The Hall–Kier alpha value is -0.870.